The van der Waals surface area contributed by atoms with Gasteiger partial charge >= 0.3 is 0 Å². The van der Waals surface area contributed by atoms with Crippen molar-refractivity contribution in [1.29, 1.82) is 5.26 Å². The van der Waals surface area contributed by atoms with Crippen molar-refractivity contribution in [2.24, 2.45) is 0 Å². The monoisotopic (exact) mass is 1260 g/mol. The number of aromatic nitrogens is 2. The van der Waals surface area contributed by atoms with Crippen LogP contribution in [0.5, 0.6) is 0 Å². The van der Waals surface area contributed by atoms with Crippen LogP contribution < -0.4 is 26.2 Å². The second-order valence-electron chi connectivity index (χ2n) is 28.9. The minimum Gasteiger partial charge on any atom is -0.311 e. The topological polar surface area (TPSA) is 40.1 Å². The van der Waals surface area contributed by atoms with E-state index in [9.17, 15) is 10.7 Å². The Morgan fingerprint density at radius 1 is 0.340 bits per heavy atom. The molecule has 15 aromatic rings. The number of rotatable bonds is 8. The molecule has 0 bridgehead atoms. The van der Waals surface area contributed by atoms with Crippen LogP contribution in [0, 0.1) is 11.3 Å². The van der Waals surface area contributed by atoms with Gasteiger partial charge in [-0.05, 0) is 174 Å². The van der Waals surface area contributed by atoms with Crippen molar-refractivity contribution in [2.45, 2.75) is 78.6 Å². The summed E-state index contributed by atoms with van der Waals surface area (Å²) in [6.45, 7) is 19.4. The van der Waals surface area contributed by atoms with Gasteiger partial charge in [-0.3, -0.25) is 0 Å². The van der Waals surface area contributed by atoms with Crippen molar-refractivity contribution in [1.82, 2.24) is 9.13 Å². The molecule has 0 aliphatic carbocycles. The molecule has 13 aromatic carbocycles. The molecule has 0 saturated carbocycles. The zero-order valence-corrected chi connectivity index (χ0v) is 55.7. The molecular formula is C91H74BN5. The molecule has 0 radical (unpaired) electrons. The van der Waals surface area contributed by atoms with Crippen molar-refractivity contribution in [3.8, 4) is 62.0 Å². The Kier molecular flexibility index (Phi) is 11.3. The molecule has 0 amide bonds. The summed E-state index contributed by atoms with van der Waals surface area (Å²) < 4.78 is 96.7. The van der Waals surface area contributed by atoms with Crippen LogP contribution in [0.2, 0.25) is 0 Å². The van der Waals surface area contributed by atoms with Gasteiger partial charge in [0.2, 0.25) is 0 Å². The van der Waals surface area contributed by atoms with Gasteiger partial charge in [0.05, 0.1) is 58.4 Å². The van der Waals surface area contributed by atoms with E-state index in [0.717, 1.165) is 111 Å². The molecule has 17 rings (SSSR count). The fourth-order valence-electron chi connectivity index (χ4n) is 15.1. The van der Waals surface area contributed by atoms with Gasteiger partial charge in [-0.1, -0.05) is 256 Å². The normalized spacial score (nSPS) is 14.4. The van der Waals surface area contributed by atoms with E-state index in [0.29, 0.717) is 39.4 Å². The first-order valence-corrected chi connectivity index (χ1v) is 33.2. The predicted molar refractivity (Wildman–Crippen MR) is 412 cm³/mol. The SMILES string of the molecule is [2H]c1c([2H])c([2H])c(-c2ccc3c(c2)B2c4ccc(-c5c([2H])c([2H])c([2H])c([2H])c5[2H])cc4N(c4ccc(C#N)c(-n5c6ccccc6c6ccccc65)c4)c4cc(-n5c6ccc(C(C)(C)C)cc6c6cc(C(C)(C)C)ccc65)cc(c42)N3c2c(-c3ccccc3)cc(C(C)(C)C)cc2-c2ccccc2)c([2H])c1[2H]. The summed E-state index contributed by atoms with van der Waals surface area (Å²) in [6, 6.07) is 76.0. The van der Waals surface area contributed by atoms with Crippen molar-refractivity contribution in [2.75, 3.05) is 9.80 Å². The van der Waals surface area contributed by atoms with Gasteiger partial charge in [0, 0.05) is 61.1 Å². The van der Waals surface area contributed by atoms with Crippen LogP contribution in [0.1, 0.15) is 98.3 Å². The molecular weight excluding hydrogens is 1170 g/mol. The third-order valence-electron chi connectivity index (χ3n) is 19.9. The fourth-order valence-corrected chi connectivity index (χ4v) is 15.1. The van der Waals surface area contributed by atoms with E-state index in [4.69, 9.17) is 8.22 Å². The second kappa shape index (κ2) is 22.4. The van der Waals surface area contributed by atoms with Gasteiger partial charge < -0.3 is 18.9 Å². The zero-order chi connectivity index (χ0) is 74.9. The number of fused-ring (bicyclic) bond motifs is 10. The Balaban J connectivity index is 1.09. The Morgan fingerprint density at radius 2 is 0.825 bits per heavy atom. The summed E-state index contributed by atoms with van der Waals surface area (Å²) in [6.07, 6.45) is 0. The van der Waals surface area contributed by atoms with Crippen molar-refractivity contribution >= 4 is 101 Å². The summed E-state index contributed by atoms with van der Waals surface area (Å²) in [4.78, 5) is 4.61. The molecule has 0 unspecified atom stereocenters. The van der Waals surface area contributed by atoms with Crippen molar-refractivity contribution in [3.05, 3.63) is 307 Å². The average molecular weight is 1260 g/mol. The number of anilines is 6. The van der Waals surface area contributed by atoms with Gasteiger partial charge in [0.25, 0.3) is 6.71 Å². The van der Waals surface area contributed by atoms with Crippen molar-refractivity contribution < 1.29 is 13.7 Å². The number of hydrogen-bond acceptors (Lipinski definition) is 3. The lowest BCUT2D eigenvalue weighted by molar-refractivity contribution is 0.590. The smallest absolute Gasteiger partial charge is 0.252 e. The summed E-state index contributed by atoms with van der Waals surface area (Å²) in [5.41, 5.74) is 19.5. The summed E-state index contributed by atoms with van der Waals surface area (Å²) in [5.74, 6) is 0. The summed E-state index contributed by atoms with van der Waals surface area (Å²) in [7, 11) is 0. The first-order chi connectivity index (χ1) is 51.1. The second-order valence-corrected chi connectivity index (χ2v) is 28.9. The largest absolute Gasteiger partial charge is 0.311 e. The molecule has 0 atom stereocenters. The van der Waals surface area contributed by atoms with Crippen LogP contribution in [0.25, 0.3) is 99.5 Å². The molecule has 2 aromatic heterocycles. The highest BCUT2D eigenvalue weighted by Gasteiger charge is 2.46. The van der Waals surface area contributed by atoms with Crippen LogP contribution in [-0.2, 0) is 16.2 Å². The highest BCUT2D eigenvalue weighted by atomic mass is 15.2. The lowest BCUT2D eigenvalue weighted by Gasteiger charge is -2.45. The zero-order valence-electron chi connectivity index (χ0n) is 65.7. The first kappa shape index (κ1) is 49.2. The molecule has 5 nitrogen and oxygen atoms in total. The van der Waals surface area contributed by atoms with Crippen LogP contribution in [0.15, 0.2) is 285 Å². The number of para-hydroxylation sites is 2. The maximum atomic E-state index is 11.5. The highest BCUT2D eigenvalue weighted by molar-refractivity contribution is 7.00. The number of nitrogens with zero attached hydrogens (tertiary/aromatic N) is 5. The number of nitriles is 1. The summed E-state index contributed by atoms with van der Waals surface area (Å²) >= 11 is 0. The molecule has 2 aliphatic heterocycles. The summed E-state index contributed by atoms with van der Waals surface area (Å²) in [5, 5.41) is 15.6. The Labute approximate surface area is 583 Å². The maximum absolute atomic E-state index is 11.5. The molecule has 2 aliphatic rings. The predicted octanol–water partition coefficient (Wildman–Crippen LogP) is 22.4. The minimum absolute atomic E-state index is 0.0126. The van der Waals surface area contributed by atoms with Gasteiger partial charge in [-0.15, -0.1) is 0 Å². The van der Waals surface area contributed by atoms with Crippen LogP contribution >= 0.6 is 0 Å². The van der Waals surface area contributed by atoms with E-state index in [1.54, 1.807) is 0 Å². The van der Waals surface area contributed by atoms with E-state index in [1.807, 2.05) is 84.9 Å². The Bertz CT molecular complexity index is 6130. The average Bonchev–Trinajstić information content (AvgIpc) is 1.33. The third kappa shape index (κ3) is 9.73. The van der Waals surface area contributed by atoms with Crippen LogP contribution in [0.3, 0.4) is 0 Å². The van der Waals surface area contributed by atoms with Gasteiger partial charge in [-0.2, -0.15) is 5.26 Å². The minimum atomic E-state index is -0.739. The molecule has 4 heterocycles. The molecule has 466 valence electrons. The number of benzene rings is 13. The fraction of sp³-hybridized carbons (Fsp3) is 0.132. The van der Waals surface area contributed by atoms with Crippen LogP contribution in [0.4, 0.5) is 34.1 Å². The number of hydrogen-bond donors (Lipinski definition) is 0. The Morgan fingerprint density at radius 3 is 1.36 bits per heavy atom. The molecule has 0 N–H and O–H groups in total. The standard InChI is InChI=1S/C91H74BN5/c1-89(2,3)65-41-46-80-74(50-65)75-51-66(90(4,5)6)42-47-81(75)95(80)69-55-85-87-86(56-69)97(88-72(60-30-18-12-19-31-60)52-67(91(7,8)9)53-73(88)61-32-20-13-21-33-61)82-45-40-62(58-26-14-10-15-27-58)48-77(82)92(87)76-44-39-63(59-28-16-11-17-29-59)49-84(76)94(85)68-43-38-64(57-93)83(54-68)96-78-36-24-22-34-70(78)71-35-23-25-37-79(71)96/h10-56H,1-9H3/i10D,11D,14D,15D,16D,17D,26D,27D,28D,29D. The lowest BCUT2D eigenvalue weighted by atomic mass is 9.33. The van der Waals surface area contributed by atoms with E-state index in [-0.39, 0.29) is 51.5 Å². The molecule has 97 heavy (non-hydrogen) atoms. The van der Waals surface area contributed by atoms with E-state index in [1.165, 1.54) is 11.1 Å². The molecule has 0 spiro atoms. The third-order valence-corrected chi connectivity index (χ3v) is 19.9. The Hall–Kier alpha value is -11.4. The van der Waals surface area contributed by atoms with Gasteiger partial charge in [0.15, 0.2) is 0 Å². The van der Waals surface area contributed by atoms with E-state index < -0.39 is 43.0 Å². The molecule has 6 heteroatoms. The van der Waals surface area contributed by atoms with Gasteiger partial charge in [-0.25, -0.2) is 0 Å². The quantitative estimate of drug-likeness (QED) is 0.142. The van der Waals surface area contributed by atoms with Crippen molar-refractivity contribution in [3.63, 3.8) is 0 Å². The maximum Gasteiger partial charge on any atom is 0.252 e. The van der Waals surface area contributed by atoms with Gasteiger partial charge in [0.1, 0.15) is 6.07 Å². The molecule has 0 saturated heterocycles. The van der Waals surface area contributed by atoms with E-state index in [2.05, 4.69) is 227 Å². The lowest BCUT2D eigenvalue weighted by Crippen LogP contribution is -2.61. The first-order valence-electron chi connectivity index (χ1n) is 38.2. The van der Waals surface area contributed by atoms with E-state index >= 15 is 0 Å². The molecule has 0 fully saturated rings. The highest BCUT2D eigenvalue weighted by Crippen LogP contribution is 2.53. The van der Waals surface area contributed by atoms with Crippen LogP contribution in [-0.4, -0.2) is 15.8 Å².